The second kappa shape index (κ2) is 9.75. The Morgan fingerprint density at radius 3 is 2.35 bits per heavy atom. The summed E-state index contributed by atoms with van der Waals surface area (Å²) in [4.78, 5) is 28.6. The summed E-state index contributed by atoms with van der Waals surface area (Å²) in [5.41, 5.74) is 1.83. The number of aromatic nitrogens is 1. The van der Waals surface area contributed by atoms with Crippen LogP contribution in [0.2, 0.25) is 0 Å². The molecule has 0 bridgehead atoms. The Labute approximate surface area is 181 Å². The SMILES string of the molecule is CC(C)(C)OC(=O)Nc1ccc(C(=O)Nc2cccc(OCc3ccccn3)c2)cc1. The highest BCUT2D eigenvalue weighted by Gasteiger charge is 2.16. The first kappa shape index (κ1) is 21.8. The average Bonchev–Trinajstić information content (AvgIpc) is 2.72. The second-order valence-electron chi connectivity index (χ2n) is 7.80. The minimum Gasteiger partial charge on any atom is -0.487 e. The van der Waals surface area contributed by atoms with Crippen LogP contribution in [0.5, 0.6) is 5.75 Å². The van der Waals surface area contributed by atoms with Crippen molar-refractivity contribution in [2.75, 3.05) is 10.6 Å². The smallest absolute Gasteiger partial charge is 0.412 e. The molecule has 0 aliphatic carbocycles. The summed E-state index contributed by atoms with van der Waals surface area (Å²) in [5.74, 6) is 0.353. The third-order valence-corrected chi connectivity index (χ3v) is 4.00. The van der Waals surface area contributed by atoms with Gasteiger partial charge in [-0.2, -0.15) is 0 Å². The predicted octanol–water partition coefficient (Wildman–Crippen LogP) is 5.26. The van der Waals surface area contributed by atoms with Gasteiger partial charge < -0.3 is 14.8 Å². The highest BCUT2D eigenvalue weighted by molar-refractivity contribution is 6.04. The molecule has 7 heteroatoms. The summed E-state index contributed by atoms with van der Waals surface area (Å²) >= 11 is 0. The molecule has 1 aromatic heterocycles. The maximum Gasteiger partial charge on any atom is 0.412 e. The van der Waals surface area contributed by atoms with Gasteiger partial charge in [0.05, 0.1) is 5.69 Å². The Kier molecular flexibility index (Phi) is 6.87. The molecule has 0 aliphatic heterocycles. The van der Waals surface area contributed by atoms with Crippen LogP contribution in [0.25, 0.3) is 0 Å². The molecule has 160 valence electrons. The molecule has 3 rings (SSSR count). The van der Waals surface area contributed by atoms with Gasteiger partial charge in [0.25, 0.3) is 5.91 Å². The minimum absolute atomic E-state index is 0.273. The van der Waals surface area contributed by atoms with Gasteiger partial charge in [0, 0.05) is 29.2 Å². The van der Waals surface area contributed by atoms with E-state index in [2.05, 4.69) is 15.6 Å². The standard InChI is InChI=1S/C24H25N3O4/c1-24(2,3)31-23(29)27-18-12-10-17(11-13-18)22(28)26-19-8-6-9-21(15-19)30-16-20-7-4-5-14-25-20/h4-15H,16H2,1-3H3,(H,26,28)(H,27,29). The first-order valence-electron chi connectivity index (χ1n) is 9.83. The van der Waals surface area contributed by atoms with Crippen molar-refractivity contribution < 1.29 is 19.1 Å². The molecule has 2 aromatic carbocycles. The molecule has 2 amide bonds. The van der Waals surface area contributed by atoms with Gasteiger partial charge in [0.2, 0.25) is 0 Å². The minimum atomic E-state index is -0.584. The van der Waals surface area contributed by atoms with Crippen LogP contribution in [-0.2, 0) is 11.3 Å². The number of nitrogens with one attached hydrogen (secondary N) is 2. The molecule has 0 aliphatic rings. The van der Waals surface area contributed by atoms with E-state index in [9.17, 15) is 9.59 Å². The Morgan fingerprint density at radius 2 is 1.68 bits per heavy atom. The van der Waals surface area contributed by atoms with Crippen molar-refractivity contribution in [3.63, 3.8) is 0 Å². The monoisotopic (exact) mass is 419 g/mol. The van der Waals surface area contributed by atoms with Crippen molar-refractivity contribution >= 4 is 23.4 Å². The number of hydrogen-bond donors (Lipinski definition) is 2. The van der Waals surface area contributed by atoms with E-state index < -0.39 is 11.7 Å². The largest absolute Gasteiger partial charge is 0.487 e. The maximum atomic E-state index is 12.6. The van der Waals surface area contributed by atoms with E-state index >= 15 is 0 Å². The Bertz CT molecular complexity index is 1030. The molecule has 0 saturated heterocycles. The van der Waals surface area contributed by atoms with Gasteiger partial charge in [-0.15, -0.1) is 0 Å². The summed E-state index contributed by atoms with van der Waals surface area (Å²) < 4.78 is 11.0. The van der Waals surface area contributed by atoms with E-state index in [0.717, 1.165) is 5.69 Å². The Hall–Kier alpha value is -3.87. The van der Waals surface area contributed by atoms with E-state index in [1.165, 1.54) is 0 Å². The van der Waals surface area contributed by atoms with Crippen molar-refractivity contribution in [1.82, 2.24) is 4.98 Å². The van der Waals surface area contributed by atoms with Gasteiger partial charge in [-0.1, -0.05) is 12.1 Å². The average molecular weight is 419 g/mol. The van der Waals surface area contributed by atoms with Gasteiger partial charge in [0.15, 0.2) is 0 Å². The molecular formula is C24H25N3O4. The molecule has 3 aromatic rings. The van der Waals surface area contributed by atoms with Crippen molar-refractivity contribution in [2.24, 2.45) is 0 Å². The zero-order chi connectivity index (χ0) is 22.3. The van der Waals surface area contributed by atoms with Crippen LogP contribution in [0, 0.1) is 0 Å². The number of benzene rings is 2. The highest BCUT2D eigenvalue weighted by Crippen LogP contribution is 2.20. The quantitative estimate of drug-likeness (QED) is 0.569. The second-order valence-corrected chi connectivity index (χ2v) is 7.80. The van der Waals surface area contributed by atoms with Crippen LogP contribution in [0.3, 0.4) is 0 Å². The summed E-state index contributed by atoms with van der Waals surface area (Å²) in [6.45, 7) is 5.71. The molecular weight excluding hydrogens is 394 g/mol. The van der Waals surface area contributed by atoms with Crippen molar-refractivity contribution in [3.05, 3.63) is 84.2 Å². The van der Waals surface area contributed by atoms with Crippen LogP contribution in [0.1, 0.15) is 36.8 Å². The number of ether oxygens (including phenoxy) is 2. The van der Waals surface area contributed by atoms with Crippen LogP contribution < -0.4 is 15.4 Å². The number of carbonyl (C=O) groups is 2. The van der Waals surface area contributed by atoms with Crippen LogP contribution in [0.4, 0.5) is 16.2 Å². The van der Waals surface area contributed by atoms with Crippen molar-refractivity contribution in [2.45, 2.75) is 33.0 Å². The van der Waals surface area contributed by atoms with Gasteiger partial charge in [-0.25, -0.2) is 4.79 Å². The van der Waals surface area contributed by atoms with E-state index in [4.69, 9.17) is 9.47 Å². The molecule has 0 spiro atoms. The summed E-state index contributed by atoms with van der Waals surface area (Å²) in [6.07, 6.45) is 1.16. The normalized spacial score (nSPS) is 10.8. The molecule has 0 radical (unpaired) electrons. The van der Waals surface area contributed by atoms with Crippen LogP contribution in [0.15, 0.2) is 72.9 Å². The molecule has 0 atom stereocenters. The fourth-order valence-electron chi connectivity index (χ4n) is 2.63. The number of anilines is 2. The van der Waals surface area contributed by atoms with Gasteiger partial charge in [-0.05, 0) is 69.3 Å². The molecule has 0 unspecified atom stereocenters. The molecule has 0 saturated carbocycles. The van der Waals surface area contributed by atoms with Gasteiger partial charge in [0.1, 0.15) is 18.0 Å². The predicted molar refractivity (Wildman–Crippen MR) is 119 cm³/mol. The molecule has 1 heterocycles. The molecule has 7 nitrogen and oxygen atoms in total. The number of amides is 2. The maximum absolute atomic E-state index is 12.6. The highest BCUT2D eigenvalue weighted by atomic mass is 16.6. The summed E-state index contributed by atoms with van der Waals surface area (Å²) in [5, 5.41) is 5.48. The lowest BCUT2D eigenvalue weighted by atomic mass is 10.2. The number of hydrogen-bond acceptors (Lipinski definition) is 5. The zero-order valence-corrected chi connectivity index (χ0v) is 17.7. The fourth-order valence-corrected chi connectivity index (χ4v) is 2.63. The lowest BCUT2D eigenvalue weighted by Crippen LogP contribution is -2.27. The third-order valence-electron chi connectivity index (χ3n) is 4.00. The number of carbonyl (C=O) groups excluding carboxylic acids is 2. The zero-order valence-electron chi connectivity index (χ0n) is 17.7. The fraction of sp³-hybridized carbons (Fsp3) is 0.208. The van der Waals surface area contributed by atoms with Gasteiger partial charge >= 0.3 is 6.09 Å². The van der Waals surface area contributed by atoms with Crippen LogP contribution >= 0.6 is 0 Å². The Morgan fingerprint density at radius 1 is 0.903 bits per heavy atom. The first-order chi connectivity index (χ1) is 14.8. The Balaban J connectivity index is 1.56. The lowest BCUT2D eigenvalue weighted by molar-refractivity contribution is 0.0636. The van der Waals surface area contributed by atoms with E-state index in [-0.39, 0.29) is 5.91 Å². The van der Waals surface area contributed by atoms with E-state index in [0.29, 0.717) is 29.3 Å². The van der Waals surface area contributed by atoms with Crippen molar-refractivity contribution in [3.8, 4) is 5.75 Å². The number of nitrogens with zero attached hydrogens (tertiary/aromatic N) is 1. The van der Waals surface area contributed by atoms with Gasteiger partial charge in [-0.3, -0.25) is 15.1 Å². The van der Waals surface area contributed by atoms with Crippen molar-refractivity contribution in [1.29, 1.82) is 0 Å². The molecule has 31 heavy (non-hydrogen) atoms. The van der Waals surface area contributed by atoms with E-state index in [1.807, 2.05) is 24.3 Å². The summed E-state index contributed by atoms with van der Waals surface area (Å²) in [6, 6.07) is 19.3. The van der Waals surface area contributed by atoms with E-state index in [1.54, 1.807) is 69.4 Å². The van der Waals surface area contributed by atoms with Crippen LogP contribution in [-0.4, -0.2) is 22.6 Å². The third kappa shape index (κ3) is 7.15. The summed E-state index contributed by atoms with van der Waals surface area (Å²) in [7, 11) is 0. The number of pyridine rings is 1. The lowest BCUT2D eigenvalue weighted by Gasteiger charge is -2.19. The molecule has 0 fully saturated rings. The molecule has 2 N–H and O–H groups in total. The number of rotatable bonds is 6. The first-order valence-corrected chi connectivity index (χ1v) is 9.83. The topological polar surface area (TPSA) is 89.5 Å².